The average molecular weight is 325 g/mol. The fraction of sp³-hybridized carbons (Fsp3) is 0.533. The fourth-order valence-corrected chi connectivity index (χ4v) is 2.95. The van der Waals surface area contributed by atoms with Gasteiger partial charge in [0.2, 0.25) is 0 Å². The van der Waals surface area contributed by atoms with E-state index in [0.29, 0.717) is 16.1 Å². The molecule has 0 aliphatic heterocycles. The van der Waals surface area contributed by atoms with Crippen LogP contribution in [0.4, 0.5) is 4.39 Å². The Morgan fingerprint density at radius 1 is 1.26 bits per heavy atom. The molecule has 0 radical (unpaired) electrons. The number of rotatable bonds is 3. The SMILES string of the molecule is N#CC(NC1CCCCCC1)c1ccc(Br)cc1F. The molecule has 0 saturated heterocycles. The van der Waals surface area contributed by atoms with Gasteiger partial charge in [-0.05, 0) is 25.0 Å². The molecule has 1 unspecified atom stereocenters. The highest BCUT2D eigenvalue weighted by molar-refractivity contribution is 9.10. The Balaban J connectivity index is 2.09. The molecule has 0 spiro atoms. The van der Waals surface area contributed by atoms with Crippen molar-refractivity contribution in [3.63, 3.8) is 0 Å². The second kappa shape index (κ2) is 7.02. The maximum Gasteiger partial charge on any atom is 0.130 e. The number of nitriles is 1. The third kappa shape index (κ3) is 4.02. The van der Waals surface area contributed by atoms with E-state index in [9.17, 15) is 9.65 Å². The Morgan fingerprint density at radius 2 is 1.95 bits per heavy atom. The first-order valence-corrected chi connectivity index (χ1v) is 7.60. The molecule has 1 atom stereocenters. The summed E-state index contributed by atoms with van der Waals surface area (Å²) in [5.41, 5.74) is 0.440. The molecule has 1 fully saturated rings. The molecule has 0 heterocycles. The molecule has 2 rings (SSSR count). The van der Waals surface area contributed by atoms with Gasteiger partial charge in [0, 0.05) is 16.1 Å². The minimum atomic E-state index is -0.559. The quantitative estimate of drug-likeness (QED) is 0.833. The van der Waals surface area contributed by atoms with Crippen molar-refractivity contribution in [2.24, 2.45) is 0 Å². The summed E-state index contributed by atoms with van der Waals surface area (Å²) in [7, 11) is 0. The van der Waals surface area contributed by atoms with Crippen molar-refractivity contribution in [1.82, 2.24) is 5.32 Å². The lowest BCUT2D eigenvalue weighted by Crippen LogP contribution is -2.32. The maximum atomic E-state index is 13.9. The van der Waals surface area contributed by atoms with E-state index in [1.165, 1.54) is 31.7 Å². The van der Waals surface area contributed by atoms with Crippen molar-refractivity contribution in [1.29, 1.82) is 5.26 Å². The van der Waals surface area contributed by atoms with Crippen LogP contribution in [0, 0.1) is 17.1 Å². The third-order valence-electron chi connectivity index (χ3n) is 3.66. The van der Waals surface area contributed by atoms with Gasteiger partial charge in [-0.2, -0.15) is 5.26 Å². The Hall–Kier alpha value is -0.920. The molecular weight excluding hydrogens is 307 g/mol. The zero-order valence-electron chi connectivity index (χ0n) is 10.8. The van der Waals surface area contributed by atoms with Gasteiger partial charge in [-0.25, -0.2) is 4.39 Å². The third-order valence-corrected chi connectivity index (χ3v) is 4.15. The molecule has 0 aromatic heterocycles. The van der Waals surface area contributed by atoms with Crippen LogP contribution in [-0.2, 0) is 0 Å². The Morgan fingerprint density at radius 3 is 2.53 bits per heavy atom. The van der Waals surface area contributed by atoms with Gasteiger partial charge < -0.3 is 0 Å². The summed E-state index contributed by atoms with van der Waals surface area (Å²) in [5.74, 6) is -0.331. The largest absolute Gasteiger partial charge is 0.295 e. The number of benzene rings is 1. The Labute approximate surface area is 122 Å². The normalized spacial score (nSPS) is 18.6. The molecule has 19 heavy (non-hydrogen) atoms. The van der Waals surface area contributed by atoms with Crippen molar-refractivity contribution in [2.75, 3.05) is 0 Å². The van der Waals surface area contributed by atoms with Gasteiger partial charge in [0.05, 0.1) is 6.07 Å². The lowest BCUT2D eigenvalue weighted by Gasteiger charge is -2.21. The number of hydrogen-bond donors (Lipinski definition) is 1. The highest BCUT2D eigenvalue weighted by atomic mass is 79.9. The maximum absolute atomic E-state index is 13.9. The first kappa shape index (κ1) is 14.5. The highest BCUT2D eigenvalue weighted by Crippen LogP contribution is 2.24. The smallest absolute Gasteiger partial charge is 0.130 e. The number of hydrogen-bond acceptors (Lipinski definition) is 2. The van der Waals surface area contributed by atoms with E-state index < -0.39 is 6.04 Å². The topological polar surface area (TPSA) is 35.8 Å². The molecular formula is C15H18BrFN2. The molecule has 1 saturated carbocycles. The first-order valence-electron chi connectivity index (χ1n) is 6.81. The van der Waals surface area contributed by atoms with Gasteiger partial charge in [0.25, 0.3) is 0 Å². The number of nitrogens with one attached hydrogen (secondary N) is 1. The summed E-state index contributed by atoms with van der Waals surface area (Å²) in [5, 5.41) is 12.6. The van der Waals surface area contributed by atoms with Gasteiger partial charge in [0.15, 0.2) is 0 Å². The Bertz CT molecular complexity index is 462. The van der Waals surface area contributed by atoms with Crippen molar-refractivity contribution >= 4 is 15.9 Å². The van der Waals surface area contributed by atoms with Gasteiger partial charge >= 0.3 is 0 Å². The predicted molar refractivity (Wildman–Crippen MR) is 77.1 cm³/mol. The predicted octanol–water partition coefficient (Wildman–Crippen LogP) is 4.47. The van der Waals surface area contributed by atoms with E-state index in [1.807, 2.05) is 0 Å². The summed E-state index contributed by atoms with van der Waals surface area (Å²) in [6.07, 6.45) is 7.08. The molecule has 1 aromatic carbocycles. The fourth-order valence-electron chi connectivity index (χ4n) is 2.61. The van der Waals surface area contributed by atoms with Crippen molar-refractivity contribution in [3.05, 3.63) is 34.1 Å². The van der Waals surface area contributed by atoms with E-state index in [1.54, 1.807) is 12.1 Å². The van der Waals surface area contributed by atoms with Crippen LogP contribution < -0.4 is 5.32 Å². The van der Waals surface area contributed by atoms with Crippen LogP contribution in [0.2, 0.25) is 0 Å². The van der Waals surface area contributed by atoms with Crippen LogP contribution in [0.15, 0.2) is 22.7 Å². The van der Waals surface area contributed by atoms with Gasteiger partial charge in [-0.15, -0.1) is 0 Å². The monoisotopic (exact) mass is 324 g/mol. The summed E-state index contributed by atoms with van der Waals surface area (Å²) >= 11 is 3.23. The molecule has 1 aliphatic rings. The molecule has 102 valence electrons. The van der Waals surface area contributed by atoms with Crippen LogP contribution >= 0.6 is 15.9 Å². The van der Waals surface area contributed by atoms with Gasteiger partial charge in [0.1, 0.15) is 11.9 Å². The second-order valence-electron chi connectivity index (χ2n) is 5.08. The summed E-state index contributed by atoms with van der Waals surface area (Å²) in [6.45, 7) is 0. The second-order valence-corrected chi connectivity index (χ2v) is 6.00. The van der Waals surface area contributed by atoms with Crippen molar-refractivity contribution in [2.45, 2.75) is 50.6 Å². The van der Waals surface area contributed by atoms with Crippen molar-refractivity contribution < 1.29 is 4.39 Å². The lowest BCUT2D eigenvalue weighted by molar-refractivity contribution is 0.429. The van der Waals surface area contributed by atoms with E-state index in [4.69, 9.17) is 0 Å². The van der Waals surface area contributed by atoms with Crippen LogP contribution in [0.5, 0.6) is 0 Å². The number of nitrogens with zero attached hydrogens (tertiary/aromatic N) is 1. The van der Waals surface area contributed by atoms with Crippen molar-refractivity contribution in [3.8, 4) is 6.07 Å². The van der Waals surface area contributed by atoms with E-state index >= 15 is 0 Å². The highest BCUT2D eigenvalue weighted by Gasteiger charge is 2.20. The number of halogens is 2. The summed E-state index contributed by atoms with van der Waals surface area (Å²) < 4.78 is 14.6. The zero-order chi connectivity index (χ0) is 13.7. The summed E-state index contributed by atoms with van der Waals surface area (Å²) in [4.78, 5) is 0. The van der Waals surface area contributed by atoms with E-state index in [0.717, 1.165) is 12.8 Å². The van der Waals surface area contributed by atoms with Crippen LogP contribution in [-0.4, -0.2) is 6.04 Å². The minimum Gasteiger partial charge on any atom is -0.295 e. The zero-order valence-corrected chi connectivity index (χ0v) is 12.4. The average Bonchev–Trinajstić information content (AvgIpc) is 2.65. The summed E-state index contributed by atoms with van der Waals surface area (Å²) in [6, 6.07) is 6.81. The standard InChI is InChI=1S/C15H18BrFN2/c16-11-7-8-13(14(17)9-11)15(10-18)19-12-5-3-1-2-4-6-12/h7-9,12,15,19H,1-6H2. The molecule has 4 heteroatoms. The lowest BCUT2D eigenvalue weighted by atomic mass is 10.0. The van der Waals surface area contributed by atoms with E-state index in [2.05, 4.69) is 27.3 Å². The van der Waals surface area contributed by atoms with Crippen LogP contribution in [0.3, 0.4) is 0 Å². The van der Waals surface area contributed by atoms with Gasteiger partial charge in [-0.3, -0.25) is 5.32 Å². The van der Waals surface area contributed by atoms with Crippen LogP contribution in [0.25, 0.3) is 0 Å². The molecule has 0 bridgehead atoms. The molecule has 0 amide bonds. The minimum absolute atomic E-state index is 0.329. The Kier molecular flexibility index (Phi) is 5.35. The van der Waals surface area contributed by atoms with Crippen LogP contribution in [0.1, 0.15) is 50.1 Å². The molecule has 2 nitrogen and oxygen atoms in total. The van der Waals surface area contributed by atoms with E-state index in [-0.39, 0.29) is 5.82 Å². The molecule has 1 aliphatic carbocycles. The molecule has 1 N–H and O–H groups in total. The van der Waals surface area contributed by atoms with Gasteiger partial charge in [-0.1, -0.05) is 47.7 Å². The first-order chi connectivity index (χ1) is 9.20. The molecule has 1 aromatic rings.